The molecule has 0 amide bonds. The Labute approximate surface area is 108 Å². The monoisotopic (exact) mass is 248 g/mol. The molecule has 1 aromatic carbocycles. The van der Waals surface area contributed by atoms with Crippen LogP contribution in [0.25, 0.3) is 0 Å². The van der Waals surface area contributed by atoms with Crippen molar-refractivity contribution in [2.24, 2.45) is 0 Å². The normalized spacial score (nSPS) is 23.2. The summed E-state index contributed by atoms with van der Waals surface area (Å²) in [5.41, 5.74) is 0.993. The van der Waals surface area contributed by atoms with Crippen molar-refractivity contribution in [3.8, 4) is 11.5 Å². The van der Waals surface area contributed by atoms with Crippen LogP contribution in [-0.4, -0.2) is 21.9 Å². The molecule has 1 aliphatic rings. The molecule has 0 spiro atoms. The van der Waals surface area contributed by atoms with Gasteiger partial charge in [-0.3, -0.25) is 0 Å². The van der Waals surface area contributed by atoms with Crippen LogP contribution >= 0.6 is 0 Å². The van der Waals surface area contributed by atoms with Gasteiger partial charge in [0, 0.05) is 11.5 Å². The highest BCUT2D eigenvalue weighted by Crippen LogP contribution is 2.41. The third-order valence-electron chi connectivity index (χ3n) is 3.27. The molecule has 0 bridgehead atoms. The number of ether oxygens (including phenoxy) is 1. The van der Waals surface area contributed by atoms with E-state index in [1.165, 1.54) is 0 Å². The molecule has 3 nitrogen and oxygen atoms in total. The summed E-state index contributed by atoms with van der Waals surface area (Å²) >= 11 is 0. The van der Waals surface area contributed by atoms with Crippen LogP contribution in [0.3, 0.4) is 0 Å². The van der Waals surface area contributed by atoms with Crippen molar-refractivity contribution < 1.29 is 14.9 Å². The Hall–Kier alpha value is -1.48. The van der Waals surface area contributed by atoms with Crippen LogP contribution in [0.15, 0.2) is 24.3 Å². The van der Waals surface area contributed by atoms with Gasteiger partial charge in [-0.1, -0.05) is 13.0 Å². The average Bonchev–Trinajstić information content (AvgIpc) is 2.53. The smallest absolute Gasteiger partial charge is 0.124 e. The van der Waals surface area contributed by atoms with Gasteiger partial charge in [-0.05, 0) is 44.5 Å². The fraction of sp³-hybridized carbons (Fsp3) is 0.467. The van der Waals surface area contributed by atoms with E-state index in [0.29, 0.717) is 5.75 Å². The minimum Gasteiger partial charge on any atom is -0.508 e. The van der Waals surface area contributed by atoms with Crippen molar-refractivity contribution in [3.05, 3.63) is 35.4 Å². The quantitative estimate of drug-likeness (QED) is 0.791. The second kappa shape index (κ2) is 4.32. The second-order valence-electron chi connectivity index (χ2n) is 5.56. The number of phenolic OH excluding ortho intramolecular Hbond substituents is 1. The summed E-state index contributed by atoms with van der Waals surface area (Å²) in [5, 5.41) is 19.4. The number of benzene rings is 1. The van der Waals surface area contributed by atoms with Crippen molar-refractivity contribution in [1.29, 1.82) is 0 Å². The van der Waals surface area contributed by atoms with Gasteiger partial charge in [-0.15, -0.1) is 0 Å². The van der Waals surface area contributed by atoms with E-state index in [-0.39, 0.29) is 12.0 Å². The fourth-order valence-corrected chi connectivity index (χ4v) is 2.11. The van der Waals surface area contributed by atoms with Crippen molar-refractivity contribution in [2.75, 3.05) is 0 Å². The number of hydrogen-bond acceptors (Lipinski definition) is 3. The van der Waals surface area contributed by atoms with Crippen molar-refractivity contribution in [3.63, 3.8) is 0 Å². The van der Waals surface area contributed by atoms with Crippen LogP contribution in [0.4, 0.5) is 0 Å². The second-order valence-corrected chi connectivity index (χ2v) is 5.56. The Morgan fingerprint density at radius 2 is 2.00 bits per heavy atom. The van der Waals surface area contributed by atoms with Crippen LogP contribution in [-0.2, 0) is 0 Å². The van der Waals surface area contributed by atoms with Gasteiger partial charge >= 0.3 is 0 Å². The van der Waals surface area contributed by atoms with E-state index in [9.17, 15) is 10.2 Å². The molecule has 2 N–H and O–H groups in total. The summed E-state index contributed by atoms with van der Waals surface area (Å²) in [7, 11) is 0. The zero-order chi connectivity index (χ0) is 13.5. The van der Waals surface area contributed by atoms with Crippen LogP contribution in [0.2, 0.25) is 0 Å². The Morgan fingerprint density at radius 1 is 1.33 bits per heavy atom. The lowest BCUT2D eigenvalue weighted by atomic mass is 9.95. The molecule has 2 rings (SSSR count). The number of aliphatic hydroxyl groups is 1. The maximum absolute atomic E-state index is 9.73. The molecule has 0 radical (unpaired) electrons. The van der Waals surface area contributed by atoms with E-state index < -0.39 is 5.60 Å². The molecule has 0 unspecified atom stereocenters. The lowest BCUT2D eigenvalue weighted by Crippen LogP contribution is -2.18. The van der Waals surface area contributed by atoms with Crippen molar-refractivity contribution >= 4 is 0 Å². The number of phenols is 1. The Balaban J connectivity index is 2.25. The highest BCUT2D eigenvalue weighted by atomic mass is 16.5. The first kappa shape index (κ1) is 13.0. The SMILES string of the molecule is Cc1cc2c(cc1O)[C@H](C)[C@@H](/C=C/C(C)(C)O)O2. The molecule has 3 heteroatoms. The zero-order valence-electron chi connectivity index (χ0n) is 11.3. The number of fused-ring (bicyclic) bond motifs is 1. The Kier molecular flexibility index (Phi) is 3.11. The molecule has 1 aromatic rings. The summed E-state index contributed by atoms with van der Waals surface area (Å²) in [6.45, 7) is 7.36. The van der Waals surface area contributed by atoms with E-state index in [4.69, 9.17) is 4.74 Å². The minimum atomic E-state index is -0.837. The first-order chi connectivity index (χ1) is 8.28. The maximum Gasteiger partial charge on any atom is 0.124 e. The standard InChI is InChI=1S/C15H20O3/c1-9-7-14-11(8-12(9)16)10(2)13(18-14)5-6-15(3,4)17/h5-8,10,13,16-17H,1-4H3/b6-5+/t10-,13+/m0/s1. The molecule has 0 fully saturated rings. The summed E-state index contributed by atoms with van der Waals surface area (Å²) in [5.74, 6) is 1.30. The third kappa shape index (κ3) is 2.51. The zero-order valence-corrected chi connectivity index (χ0v) is 11.3. The van der Waals surface area contributed by atoms with Crippen molar-refractivity contribution in [2.45, 2.75) is 45.3 Å². The summed E-state index contributed by atoms with van der Waals surface area (Å²) in [4.78, 5) is 0. The van der Waals surface area contributed by atoms with E-state index in [1.54, 1.807) is 26.0 Å². The van der Waals surface area contributed by atoms with Gasteiger partial charge in [0.2, 0.25) is 0 Å². The number of aromatic hydroxyl groups is 1. The minimum absolute atomic E-state index is 0.0902. The van der Waals surface area contributed by atoms with Crippen LogP contribution in [0.1, 0.15) is 37.8 Å². The van der Waals surface area contributed by atoms with Gasteiger partial charge in [-0.25, -0.2) is 0 Å². The number of hydrogen-bond donors (Lipinski definition) is 2. The fourth-order valence-electron chi connectivity index (χ4n) is 2.11. The number of aryl methyl sites for hydroxylation is 1. The first-order valence-electron chi connectivity index (χ1n) is 6.20. The summed E-state index contributed by atoms with van der Waals surface area (Å²) in [6.07, 6.45) is 3.54. The predicted molar refractivity (Wildman–Crippen MR) is 71.1 cm³/mol. The first-order valence-corrected chi connectivity index (χ1v) is 6.20. The molecular weight excluding hydrogens is 228 g/mol. The molecule has 2 atom stereocenters. The Morgan fingerprint density at radius 3 is 2.61 bits per heavy atom. The van der Waals surface area contributed by atoms with Gasteiger partial charge in [0.1, 0.15) is 17.6 Å². The van der Waals surface area contributed by atoms with Crippen LogP contribution in [0, 0.1) is 6.92 Å². The van der Waals surface area contributed by atoms with Gasteiger partial charge in [0.15, 0.2) is 0 Å². The van der Waals surface area contributed by atoms with E-state index in [2.05, 4.69) is 6.92 Å². The average molecular weight is 248 g/mol. The third-order valence-corrected chi connectivity index (χ3v) is 3.27. The molecular formula is C15H20O3. The molecule has 0 saturated heterocycles. The summed E-state index contributed by atoms with van der Waals surface area (Å²) < 4.78 is 5.84. The molecule has 1 aliphatic heterocycles. The molecule has 0 aliphatic carbocycles. The molecule has 1 heterocycles. The Bertz CT molecular complexity index is 483. The lowest BCUT2D eigenvalue weighted by molar-refractivity contribution is 0.131. The number of rotatable bonds is 2. The van der Waals surface area contributed by atoms with E-state index >= 15 is 0 Å². The maximum atomic E-state index is 9.73. The topological polar surface area (TPSA) is 49.7 Å². The van der Waals surface area contributed by atoms with Gasteiger partial charge in [0.05, 0.1) is 5.60 Å². The predicted octanol–water partition coefficient (Wildman–Crippen LogP) is 2.89. The van der Waals surface area contributed by atoms with E-state index in [0.717, 1.165) is 16.9 Å². The molecule has 18 heavy (non-hydrogen) atoms. The highest BCUT2D eigenvalue weighted by Gasteiger charge is 2.30. The highest BCUT2D eigenvalue weighted by molar-refractivity contribution is 5.50. The lowest BCUT2D eigenvalue weighted by Gasteiger charge is -2.14. The largest absolute Gasteiger partial charge is 0.508 e. The van der Waals surface area contributed by atoms with Crippen LogP contribution < -0.4 is 4.74 Å². The molecule has 0 aromatic heterocycles. The molecule has 0 saturated carbocycles. The van der Waals surface area contributed by atoms with Crippen LogP contribution in [0.5, 0.6) is 11.5 Å². The van der Waals surface area contributed by atoms with E-state index in [1.807, 2.05) is 19.1 Å². The van der Waals surface area contributed by atoms with Gasteiger partial charge in [0.25, 0.3) is 0 Å². The van der Waals surface area contributed by atoms with Gasteiger partial charge < -0.3 is 14.9 Å². The summed E-state index contributed by atoms with van der Waals surface area (Å²) in [6, 6.07) is 3.63. The molecule has 98 valence electrons. The van der Waals surface area contributed by atoms with Crippen molar-refractivity contribution in [1.82, 2.24) is 0 Å². The van der Waals surface area contributed by atoms with Gasteiger partial charge in [-0.2, -0.15) is 0 Å².